The minimum atomic E-state index is -3.64. The molecule has 1 N–H and O–H groups in total. The van der Waals surface area contributed by atoms with E-state index in [1.807, 2.05) is 6.07 Å². The predicted octanol–water partition coefficient (Wildman–Crippen LogP) is 4.13. The van der Waals surface area contributed by atoms with Gasteiger partial charge in [0.25, 0.3) is 10.0 Å². The lowest BCUT2D eigenvalue weighted by atomic mass is 10.1. The van der Waals surface area contributed by atoms with Crippen LogP contribution in [0.2, 0.25) is 0 Å². The highest BCUT2D eigenvalue weighted by Gasteiger charge is 2.15. The lowest BCUT2D eigenvalue weighted by molar-refractivity contribution is 0.601. The average Bonchev–Trinajstić information content (AvgIpc) is 2.54. The Morgan fingerprint density at radius 3 is 2.27 bits per heavy atom. The second-order valence-electron chi connectivity index (χ2n) is 4.76. The molecule has 0 aliphatic heterocycles. The van der Waals surface area contributed by atoms with Gasteiger partial charge in [-0.2, -0.15) is 0 Å². The minimum Gasteiger partial charge on any atom is -0.280 e. The van der Waals surface area contributed by atoms with Crippen LogP contribution in [-0.4, -0.2) is 8.42 Å². The molecular weight excluding hydrogens is 298 g/mol. The lowest BCUT2D eigenvalue weighted by Crippen LogP contribution is -2.12. The molecule has 3 aromatic carbocycles. The number of nitrogens with zero attached hydrogens (tertiary/aromatic N) is 2. The highest BCUT2D eigenvalue weighted by Crippen LogP contribution is 2.25. The minimum absolute atomic E-state index is 0.178. The van der Waals surface area contributed by atoms with Crippen LogP contribution < -0.4 is 4.72 Å². The van der Waals surface area contributed by atoms with Crippen LogP contribution in [-0.2, 0) is 10.0 Å². The summed E-state index contributed by atoms with van der Waals surface area (Å²) >= 11 is 0. The van der Waals surface area contributed by atoms with Gasteiger partial charge in [0.2, 0.25) is 5.39 Å². The van der Waals surface area contributed by atoms with Crippen LogP contribution in [0.1, 0.15) is 0 Å². The van der Waals surface area contributed by atoms with Gasteiger partial charge in [0.15, 0.2) is 4.98 Å². The zero-order valence-corrected chi connectivity index (χ0v) is 12.3. The van der Waals surface area contributed by atoms with Crippen molar-refractivity contribution in [2.45, 2.75) is 4.90 Å². The largest absolute Gasteiger partial charge is 0.385 e. The zero-order valence-electron chi connectivity index (χ0n) is 11.5. The molecule has 0 radical (unpaired) electrons. The summed E-state index contributed by atoms with van der Waals surface area (Å²) in [5, 5.41) is 10.3. The van der Waals surface area contributed by atoms with Gasteiger partial charge in [0.1, 0.15) is 0 Å². The van der Waals surface area contributed by atoms with Crippen LogP contribution in [0.25, 0.3) is 15.7 Å². The molecule has 0 unspecified atom stereocenters. The van der Waals surface area contributed by atoms with Gasteiger partial charge in [-0.05, 0) is 41.1 Å². The highest BCUT2D eigenvalue weighted by molar-refractivity contribution is 7.92. The topological polar surface area (TPSA) is 74.3 Å². The van der Waals surface area contributed by atoms with Gasteiger partial charge in [0, 0.05) is 17.8 Å². The number of benzene rings is 3. The van der Waals surface area contributed by atoms with E-state index in [9.17, 15) is 8.42 Å². The standard InChI is InChI=1S/C16H12N3O2S/c17-18-15-8-6-13-11-16(9-7-12(13)10-15)22(20,21)19-14-4-2-1-3-5-14/h1-11,19H/q+1. The fraction of sp³-hybridized carbons (Fsp3) is 0. The van der Waals surface area contributed by atoms with Crippen LogP contribution in [0.3, 0.4) is 0 Å². The van der Waals surface area contributed by atoms with Crippen LogP contribution in [0.4, 0.5) is 11.4 Å². The maximum atomic E-state index is 12.4. The Morgan fingerprint density at radius 2 is 1.55 bits per heavy atom. The quantitative estimate of drug-likeness (QED) is 0.739. The smallest absolute Gasteiger partial charge is 0.280 e. The summed E-state index contributed by atoms with van der Waals surface area (Å²) in [4.78, 5) is 3.30. The molecule has 0 aliphatic rings. The Hall–Kier alpha value is -2.91. The molecule has 0 bridgehead atoms. The Bertz CT molecular complexity index is 977. The second-order valence-corrected chi connectivity index (χ2v) is 6.45. The van der Waals surface area contributed by atoms with E-state index in [4.69, 9.17) is 5.39 Å². The fourth-order valence-corrected chi connectivity index (χ4v) is 3.25. The molecule has 5 nitrogen and oxygen atoms in total. The molecule has 0 heterocycles. The lowest BCUT2D eigenvalue weighted by Gasteiger charge is -2.08. The van der Waals surface area contributed by atoms with Crippen molar-refractivity contribution in [3.63, 3.8) is 0 Å². The van der Waals surface area contributed by atoms with Crippen molar-refractivity contribution in [3.8, 4) is 0 Å². The number of hydrogen-bond donors (Lipinski definition) is 1. The van der Waals surface area contributed by atoms with Crippen molar-refractivity contribution in [2.24, 2.45) is 0 Å². The SMILES string of the molecule is N#[N+]c1ccc2cc(S(=O)(=O)Nc3ccccc3)ccc2c1. The first-order chi connectivity index (χ1) is 10.6. The van der Waals surface area contributed by atoms with Gasteiger partial charge in [0.05, 0.1) is 4.90 Å². The Morgan fingerprint density at radius 1 is 0.864 bits per heavy atom. The Balaban J connectivity index is 2.01. The van der Waals surface area contributed by atoms with Crippen molar-refractivity contribution in [1.29, 1.82) is 5.39 Å². The number of nitrogens with one attached hydrogen (secondary N) is 1. The van der Waals surface area contributed by atoms with E-state index >= 15 is 0 Å². The molecule has 6 heteroatoms. The second kappa shape index (κ2) is 5.47. The monoisotopic (exact) mass is 310 g/mol. The van der Waals surface area contributed by atoms with E-state index in [1.165, 1.54) is 6.07 Å². The van der Waals surface area contributed by atoms with Crippen molar-refractivity contribution in [2.75, 3.05) is 4.72 Å². The van der Waals surface area contributed by atoms with Crippen molar-refractivity contribution >= 4 is 32.2 Å². The molecule has 0 spiro atoms. The van der Waals surface area contributed by atoms with E-state index in [0.29, 0.717) is 11.4 Å². The third-order valence-corrected chi connectivity index (χ3v) is 4.63. The maximum Gasteiger partial charge on any atom is 0.385 e. The van der Waals surface area contributed by atoms with E-state index in [1.54, 1.807) is 54.6 Å². The normalized spacial score (nSPS) is 11.0. The summed E-state index contributed by atoms with van der Waals surface area (Å²) < 4.78 is 27.3. The molecule has 0 aromatic heterocycles. The van der Waals surface area contributed by atoms with E-state index < -0.39 is 10.0 Å². The molecule has 108 valence electrons. The molecular formula is C16H12N3O2S+. The van der Waals surface area contributed by atoms with Crippen LogP contribution in [0.15, 0.2) is 71.6 Å². The fourth-order valence-electron chi connectivity index (χ4n) is 2.16. The first-order valence-electron chi connectivity index (χ1n) is 6.55. The van der Waals surface area contributed by atoms with Gasteiger partial charge in [-0.3, -0.25) is 4.72 Å². The van der Waals surface area contributed by atoms with Crippen molar-refractivity contribution in [1.82, 2.24) is 0 Å². The van der Waals surface area contributed by atoms with Gasteiger partial charge < -0.3 is 0 Å². The number of para-hydroxylation sites is 1. The average molecular weight is 310 g/mol. The molecule has 0 saturated heterocycles. The van der Waals surface area contributed by atoms with Crippen LogP contribution in [0, 0.1) is 5.39 Å². The third kappa shape index (κ3) is 2.75. The Kier molecular flexibility index (Phi) is 3.49. The van der Waals surface area contributed by atoms with Crippen molar-refractivity contribution in [3.05, 3.63) is 71.7 Å². The van der Waals surface area contributed by atoms with Gasteiger partial charge in [-0.25, -0.2) is 8.42 Å². The van der Waals surface area contributed by atoms with Crippen molar-refractivity contribution < 1.29 is 8.42 Å². The Labute approximate surface area is 127 Å². The number of fused-ring (bicyclic) bond motifs is 1. The highest BCUT2D eigenvalue weighted by atomic mass is 32.2. The maximum absolute atomic E-state index is 12.4. The third-order valence-electron chi connectivity index (χ3n) is 3.25. The molecule has 3 rings (SSSR count). The summed E-state index contributed by atoms with van der Waals surface area (Å²) in [6.07, 6.45) is 0. The summed E-state index contributed by atoms with van der Waals surface area (Å²) in [6.45, 7) is 0. The molecule has 0 fully saturated rings. The van der Waals surface area contributed by atoms with E-state index in [0.717, 1.165) is 10.8 Å². The summed E-state index contributed by atoms with van der Waals surface area (Å²) in [5.41, 5.74) is 0.933. The van der Waals surface area contributed by atoms with Gasteiger partial charge >= 0.3 is 5.69 Å². The zero-order chi connectivity index (χ0) is 15.6. The number of sulfonamides is 1. The summed E-state index contributed by atoms with van der Waals surface area (Å²) in [6, 6.07) is 18.5. The predicted molar refractivity (Wildman–Crippen MR) is 85.9 cm³/mol. The molecule has 0 amide bonds. The molecule has 3 aromatic rings. The van der Waals surface area contributed by atoms with E-state index in [-0.39, 0.29) is 4.90 Å². The molecule has 0 aliphatic carbocycles. The first kappa shape index (κ1) is 14.0. The summed E-state index contributed by atoms with van der Waals surface area (Å²) in [5.74, 6) is 0. The van der Waals surface area contributed by atoms with E-state index in [2.05, 4.69) is 9.70 Å². The summed E-state index contributed by atoms with van der Waals surface area (Å²) in [7, 11) is -3.64. The van der Waals surface area contributed by atoms with Gasteiger partial charge in [-0.15, -0.1) is 0 Å². The first-order valence-corrected chi connectivity index (χ1v) is 8.04. The molecule has 0 saturated carbocycles. The van der Waals surface area contributed by atoms with Gasteiger partial charge in [-0.1, -0.05) is 24.3 Å². The number of rotatable bonds is 3. The number of anilines is 1. The molecule has 22 heavy (non-hydrogen) atoms. The number of diazo groups is 1. The number of hydrogen-bond acceptors (Lipinski definition) is 3. The van der Waals surface area contributed by atoms with Crippen LogP contribution in [0.5, 0.6) is 0 Å². The van der Waals surface area contributed by atoms with Crippen LogP contribution >= 0.6 is 0 Å². The molecule has 0 atom stereocenters.